The van der Waals surface area contributed by atoms with Crippen LogP contribution in [0.5, 0.6) is 0 Å². The molecule has 0 aromatic heterocycles. The number of hydrogen-bond donors (Lipinski definition) is 3. The normalized spacial score (nSPS) is 13.9. The Morgan fingerprint density at radius 3 is 2.33 bits per heavy atom. The highest BCUT2D eigenvalue weighted by molar-refractivity contribution is 6.35. The van der Waals surface area contributed by atoms with Gasteiger partial charge in [0, 0.05) is 39.1 Å². The fraction of sp³-hybridized carbons (Fsp3) is 0.692. The van der Waals surface area contributed by atoms with Gasteiger partial charge in [-0.2, -0.15) is 0 Å². The number of amides is 4. The van der Waals surface area contributed by atoms with E-state index in [1.807, 2.05) is 0 Å². The van der Waals surface area contributed by atoms with E-state index in [0.29, 0.717) is 51.9 Å². The van der Waals surface area contributed by atoms with E-state index >= 15 is 0 Å². The van der Waals surface area contributed by atoms with Crippen LogP contribution in [0.2, 0.25) is 0 Å². The van der Waals surface area contributed by atoms with Crippen molar-refractivity contribution < 1.29 is 19.2 Å². The molecule has 21 heavy (non-hydrogen) atoms. The second-order valence-electron chi connectivity index (χ2n) is 4.78. The highest BCUT2D eigenvalue weighted by Crippen LogP contribution is 2.09. The Hall–Kier alpha value is -2.12. The first-order valence-corrected chi connectivity index (χ1v) is 7.16. The Bertz CT molecular complexity index is 386. The third-order valence-electron chi connectivity index (χ3n) is 3.13. The summed E-state index contributed by atoms with van der Waals surface area (Å²) in [6.45, 7) is 2.54. The standard InChI is InChI=1S/C13H22N4O4/c18-10-14-5-2-6-15-12(20)13(21)16-7-3-9-17-8-1-4-11(17)19/h10H,1-9H2,(H,14,18)(H,15,20)(H,16,21). The zero-order valence-electron chi connectivity index (χ0n) is 12.0. The lowest BCUT2D eigenvalue weighted by molar-refractivity contribution is -0.139. The first-order chi connectivity index (χ1) is 10.1. The maximum absolute atomic E-state index is 11.4. The molecule has 1 aliphatic heterocycles. The molecule has 0 radical (unpaired) electrons. The summed E-state index contributed by atoms with van der Waals surface area (Å²) < 4.78 is 0. The molecule has 1 heterocycles. The van der Waals surface area contributed by atoms with Crippen LogP contribution in [0.15, 0.2) is 0 Å². The second-order valence-corrected chi connectivity index (χ2v) is 4.78. The lowest BCUT2D eigenvalue weighted by atomic mass is 10.3. The summed E-state index contributed by atoms with van der Waals surface area (Å²) in [7, 11) is 0. The molecule has 0 bridgehead atoms. The highest BCUT2D eigenvalue weighted by atomic mass is 16.2. The van der Waals surface area contributed by atoms with E-state index in [2.05, 4.69) is 16.0 Å². The molecule has 8 heteroatoms. The van der Waals surface area contributed by atoms with E-state index in [0.717, 1.165) is 13.0 Å². The number of carbonyl (C=O) groups excluding carboxylic acids is 4. The minimum Gasteiger partial charge on any atom is -0.359 e. The van der Waals surface area contributed by atoms with Gasteiger partial charge in [0.05, 0.1) is 0 Å². The van der Waals surface area contributed by atoms with Gasteiger partial charge in [-0.05, 0) is 19.3 Å². The molecule has 1 fully saturated rings. The molecule has 1 rings (SSSR count). The predicted octanol–water partition coefficient (Wildman–Crippen LogP) is -1.63. The van der Waals surface area contributed by atoms with Crippen LogP contribution >= 0.6 is 0 Å². The molecule has 8 nitrogen and oxygen atoms in total. The van der Waals surface area contributed by atoms with Gasteiger partial charge in [-0.1, -0.05) is 0 Å². The second kappa shape index (κ2) is 9.73. The van der Waals surface area contributed by atoms with Gasteiger partial charge in [-0.25, -0.2) is 0 Å². The van der Waals surface area contributed by atoms with Crippen molar-refractivity contribution in [3.63, 3.8) is 0 Å². The third kappa shape index (κ3) is 6.73. The molecule has 0 aromatic carbocycles. The number of likely N-dealkylation sites (tertiary alicyclic amines) is 1. The Kier molecular flexibility index (Phi) is 7.85. The van der Waals surface area contributed by atoms with Gasteiger partial charge in [0.1, 0.15) is 0 Å². The zero-order valence-corrected chi connectivity index (χ0v) is 12.0. The predicted molar refractivity (Wildman–Crippen MR) is 75.1 cm³/mol. The molecular weight excluding hydrogens is 276 g/mol. The molecule has 4 amide bonds. The van der Waals surface area contributed by atoms with E-state index < -0.39 is 11.8 Å². The average molecular weight is 298 g/mol. The molecule has 0 unspecified atom stereocenters. The SMILES string of the molecule is O=CNCCCNC(=O)C(=O)NCCCN1CCCC1=O. The third-order valence-corrected chi connectivity index (χ3v) is 3.13. The monoisotopic (exact) mass is 298 g/mol. The van der Waals surface area contributed by atoms with Crippen LogP contribution in [0, 0.1) is 0 Å². The Balaban J connectivity index is 2.02. The van der Waals surface area contributed by atoms with E-state index in [4.69, 9.17) is 0 Å². The topological polar surface area (TPSA) is 108 Å². The van der Waals surface area contributed by atoms with Crippen LogP contribution in [-0.4, -0.2) is 61.8 Å². The molecule has 3 N–H and O–H groups in total. The van der Waals surface area contributed by atoms with Gasteiger partial charge < -0.3 is 20.9 Å². The van der Waals surface area contributed by atoms with Crippen LogP contribution in [0.3, 0.4) is 0 Å². The van der Waals surface area contributed by atoms with Gasteiger partial charge in [0.15, 0.2) is 0 Å². The molecule has 0 spiro atoms. The number of nitrogens with zero attached hydrogens (tertiary/aromatic N) is 1. The molecule has 0 aliphatic carbocycles. The quantitative estimate of drug-likeness (QED) is 0.270. The smallest absolute Gasteiger partial charge is 0.309 e. The van der Waals surface area contributed by atoms with Crippen molar-refractivity contribution in [3.8, 4) is 0 Å². The number of hydrogen-bond acceptors (Lipinski definition) is 4. The number of nitrogens with one attached hydrogen (secondary N) is 3. The summed E-state index contributed by atoms with van der Waals surface area (Å²) in [5, 5.41) is 7.43. The largest absolute Gasteiger partial charge is 0.359 e. The summed E-state index contributed by atoms with van der Waals surface area (Å²) in [6, 6.07) is 0. The minimum atomic E-state index is -0.682. The van der Waals surface area contributed by atoms with Gasteiger partial charge in [-0.15, -0.1) is 0 Å². The van der Waals surface area contributed by atoms with E-state index in [1.165, 1.54) is 0 Å². The van der Waals surface area contributed by atoms with Crippen molar-refractivity contribution in [1.29, 1.82) is 0 Å². The maximum atomic E-state index is 11.4. The molecule has 1 aliphatic rings. The van der Waals surface area contributed by atoms with E-state index in [1.54, 1.807) is 4.90 Å². The van der Waals surface area contributed by atoms with Crippen molar-refractivity contribution in [2.75, 3.05) is 32.7 Å². The molecule has 118 valence electrons. The Morgan fingerprint density at radius 1 is 1.10 bits per heavy atom. The maximum Gasteiger partial charge on any atom is 0.309 e. The number of rotatable bonds is 9. The molecule has 0 saturated carbocycles. The number of carbonyl (C=O) groups is 4. The van der Waals surface area contributed by atoms with Gasteiger partial charge in [0.2, 0.25) is 12.3 Å². The van der Waals surface area contributed by atoms with Crippen molar-refractivity contribution in [2.45, 2.75) is 25.7 Å². The Labute approximate surface area is 123 Å². The van der Waals surface area contributed by atoms with Crippen LogP contribution in [0.1, 0.15) is 25.7 Å². The molecular formula is C13H22N4O4. The molecule has 1 saturated heterocycles. The minimum absolute atomic E-state index is 0.156. The van der Waals surface area contributed by atoms with Gasteiger partial charge in [0.25, 0.3) is 0 Å². The first kappa shape index (κ1) is 16.9. The lowest BCUT2D eigenvalue weighted by Crippen LogP contribution is -2.41. The lowest BCUT2D eigenvalue weighted by Gasteiger charge is -2.15. The summed E-state index contributed by atoms with van der Waals surface area (Å²) in [5.41, 5.74) is 0. The van der Waals surface area contributed by atoms with E-state index in [-0.39, 0.29) is 5.91 Å². The van der Waals surface area contributed by atoms with Gasteiger partial charge in [-0.3, -0.25) is 19.2 Å². The van der Waals surface area contributed by atoms with Crippen LogP contribution in [0.25, 0.3) is 0 Å². The first-order valence-electron chi connectivity index (χ1n) is 7.16. The van der Waals surface area contributed by atoms with Crippen molar-refractivity contribution in [1.82, 2.24) is 20.9 Å². The molecule has 0 atom stereocenters. The Morgan fingerprint density at radius 2 is 1.76 bits per heavy atom. The fourth-order valence-corrected chi connectivity index (χ4v) is 2.02. The molecule has 0 aromatic rings. The van der Waals surface area contributed by atoms with Crippen molar-refractivity contribution in [3.05, 3.63) is 0 Å². The highest BCUT2D eigenvalue weighted by Gasteiger charge is 2.19. The van der Waals surface area contributed by atoms with Crippen LogP contribution < -0.4 is 16.0 Å². The zero-order chi connectivity index (χ0) is 15.5. The van der Waals surface area contributed by atoms with Gasteiger partial charge >= 0.3 is 11.8 Å². The summed E-state index contributed by atoms with van der Waals surface area (Å²) in [5.74, 6) is -1.20. The van der Waals surface area contributed by atoms with E-state index in [9.17, 15) is 19.2 Å². The van der Waals surface area contributed by atoms with Crippen molar-refractivity contribution in [2.24, 2.45) is 0 Å². The summed E-state index contributed by atoms with van der Waals surface area (Å²) in [4.78, 5) is 46.0. The summed E-state index contributed by atoms with van der Waals surface area (Å²) in [6.07, 6.45) is 3.28. The summed E-state index contributed by atoms with van der Waals surface area (Å²) >= 11 is 0. The van der Waals surface area contributed by atoms with Crippen molar-refractivity contribution >= 4 is 24.1 Å². The van der Waals surface area contributed by atoms with Crippen LogP contribution in [-0.2, 0) is 19.2 Å². The van der Waals surface area contributed by atoms with Crippen LogP contribution in [0.4, 0.5) is 0 Å². The fourth-order valence-electron chi connectivity index (χ4n) is 2.02. The average Bonchev–Trinajstić information content (AvgIpc) is 2.88.